The SMILES string of the molecule is COc1ccc2cc1C1(Br)CCC1(Br)c1cc(ccc1OC)CCCC2. The molecule has 0 radical (unpaired) electrons. The molecule has 0 aromatic heterocycles. The van der Waals surface area contributed by atoms with Crippen LogP contribution in [0.2, 0.25) is 0 Å². The number of rotatable bonds is 2. The van der Waals surface area contributed by atoms with Gasteiger partial charge in [0, 0.05) is 11.1 Å². The Kier molecular flexibility index (Phi) is 4.85. The van der Waals surface area contributed by atoms with Crippen LogP contribution in [0.4, 0.5) is 0 Å². The summed E-state index contributed by atoms with van der Waals surface area (Å²) >= 11 is 8.27. The van der Waals surface area contributed by atoms with Crippen molar-refractivity contribution in [2.24, 2.45) is 0 Å². The first kappa shape index (κ1) is 18.4. The van der Waals surface area contributed by atoms with Gasteiger partial charge >= 0.3 is 0 Å². The molecule has 0 amide bonds. The van der Waals surface area contributed by atoms with E-state index >= 15 is 0 Å². The fourth-order valence-corrected chi connectivity index (χ4v) is 6.20. The fourth-order valence-electron chi connectivity index (χ4n) is 4.36. The van der Waals surface area contributed by atoms with E-state index in [-0.39, 0.29) is 8.65 Å². The molecule has 0 aliphatic heterocycles. The summed E-state index contributed by atoms with van der Waals surface area (Å²) in [5.74, 6) is 1.89. The summed E-state index contributed by atoms with van der Waals surface area (Å²) in [6, 6.07) is 13.3. The van der Waals surface area contributed by atoms with Crippen LogP contribution in [-0.2, 0) is 21.5 Å². The predicted octanol–water partition coefficient (Wildman–Crippen LogP) is 6.26. The number of halogens is 2. The van der Waals surface area contributed by atoms with Gasteiger partial charge < -0.3 is 9.47 Å². The number of fused-ring (bicyclic) bond motifs is 7. The summed E-state index contributed by atoms with van der Waals surface area (Å²) in [7, 11) is 3.52. The molecule has 2 nitrogen and oxygen atoms in total. The summed E-state index contributed by atoms with van der Waals surface area (Å²) in [4.78, 5) is 0. The molecule has 1 fully saturated rings. The minimum absolute atomic E-state index is 0.216. The Morgan fingerprint density at radius 2 is 1.15 bits per heavy atom. The lowest BCUT2D eigenvalue weighted by atomic mass is 9.65. The maximum Gasteiger partial charge on any atom is 0.123 e. The molecule has 2 atom stereocenters. The first-order valence-corrected chi connectivity index (χ1v) is 10.8. The first-order valence-electron chi connectivity index (χ1n) is 9.24. The highest BCUT2D eigenvalue weighted by molar-refractivity contribution is 9.12. The Hall–Kier alpha value is -1.00. The number of hydrogen-bond acceptors (Lipinski definition) is 2. The average molecular weight is 480 g/mol. The van der Waals surface area contributed by atoms with Gasteiger partial charge in [-0.3, -0.25) is 0 Å². The lowest BCUT2D eigenvalue weighted by Crippen LogP contribution is -2.50. The van der Waals surface area contributed by atoms with Crippen LogP contribution < -0.4 is 9.47 Å². The van der Waals surface area contributed by atoms with E-state index in [1.165, 1.54) is 35.1 Å². The van der Waals surface area contributed by atoms with Crippen molar-refractivity contribution in [3.05, 3.63) is 58.7 Å². The van der Waals surface area contributed by atoms with Crippen molar-refractivity contribution in [2.45, 2.75) is 47.2 Å². The number of aryl methyl sites for hydroxylation is 2. The van der Waals surface area contributed by atoms with Gasteiger partial charge in [0.25, 0.3) is 0 Å². The van der Waals surface area contributed by atoms with Crippen molar-refractivity contribution in [2.75, 3.05) is 14.2 Å². The molecular formula is C22H24Br2O2. The minimum Gasteiger partial charge on any atom is -0.496 e. The average Bonchev–Trinajstić information content (AvgIpc) is 2.68. The number of ether oxygens (including phenoxy) is 2. The second-order valence-electron chi connectivity index (χ2n) is 7.38. The molecule has 2 unspecified atom stereocenters. The zero-order chi connectivity index (χ0) is 18.4. The molecule has 2 aromatic carbocycles. The van der Waals surface area contributed by atoms with Crippen LogP contribution in [-0.4, -0.2) is 14.2 Å². The molecule has 0 N–H and O–H groups in total. The zero-order valence-electron chi connectivity index (χ0n) is 15.3. The summed E-state index contributed by atoms with van der Waals surface area (Å²) < 4.78 is 11.1. The molecule has 0 saturated heterocycles. The second kappa shape index (κ2) is 6.87. The van der Waals surface area contributed by atoms with Crippen LogP contribution in [0, 0.1) is 0 Å². The third kappa shape index (κ3) is 2.72. The van der Waals surface area contributed by atoms with Gasteiger partial charge in [-0.05, 0) is 61.8 Å². The van der Waals surface area contributed by atoms with Gasteiger partial charge in [0.05, 0.1) is 22.9 Å². The number of alkyl halides is 2. The minimum atomic E-state index is -0.216. The Morgan fingerprint density at radius 1 is 0.731 bits per heavy atom. The molecule has 2 aliphatic rings. The topological polar surface area (TPSA) is 18.5 Å². The summed E-state index contributed by atoms with van der Waals surface area (Å²) in [6.07, 6.45) is 6.71. The zero-order valence-corrected chi connectivity index (χ0v) is 18.5. The summed E-state index contributed by atoms with van der Waals surface area (Å²) in [5.41, 5.74) is 5.23. The third-order valence-electron chi connectivity index (χ3n) is 6.00. The monoisotopic (exact) mass is 478 g/mol. The first-order chi connectivity index (χ1) is 12.5. The van der Waals surface area contributed by atoms with E-state index in [1.54, 1.807) is 14.2 Å². The van der Waals surface area contributed by atoms with Crippen molar-refractivity contribution in [3.63, 3.8) is 0 Å². The summed E-state index contributed by atoms with van der Waals surface area (Å²) in [5, 5.41) is 0. The normalized spacial score (nSPS) is 27.4. The van der Waals surface area contributed by atoms with Crippen molar-refractivity contribution >= 4 is 31.9 Å². The van der Waals surface area contributed by atoms with Crippen molar-refractivity contribution in [1.29, 1.82) is 0 Å². The van der Waals surface area contributed by atoms with E-state index in [1.807, 2.05) is 0 Å². The van der Waals surface area contributed by atoms with Gasteiger partial charge in [0.1, 0.15) is 11.5 Å². The number of hydrogen-bond donors (Lipinski definition) is 0. The smallest absolute Gasteiger partial charge is 0.123 e. The second-order valence-corrected chi connectivity index (χ2v) is 10.1. The Bertz CT molecular complexity index is 765. The van der Waals surface area contributed by atoms with Gasteiger partial charge in [-0.25, -0.2) is 0 Å². The Labute approximate surface area is 172 Å². The van der Waals surface area contributed by atoms with E-state index in [4.69, 9.17) is 9.47 Å². The van der Waals surface area contributed by atoms with E-state index in [9.17, 15) is 0 Å². The van der Waals surface area contributed by atoms with Crippen molar-refractivity contribution in [3.8, 4) is 11.5 Å². The van der Waals surface area contributed by atoms with Gasteiger partial charge in [-0.2, -0.15) is 0 Å². The Balaban J connectivity index is 1.94. The van der Waals surface area contributed by atoms with Crippen LogP contribution in [0.25, 0.3) is 0 Å². The van der Waals surface area contributed by atoms with Crippen LogP contribution >= 0.6 is 31.9 Å². The molecule has 2 aliphatic carbocycles. The lowest BCUT2D eigenvalue weighted by Gasteiger charge is -2.54. The van der Waals surface area contributed by atoms with E-state index < -0.39 is 0 Å². The standard InChI is InChI=1S/C22H24Br2O2/c1-25-19-9-7-15-5-3-4-6-16-8-10-20(26-2)18(14-16)22(24)12-11-21(22,23)17(19)13-15/h7-10,13-14H,3-6,11-12H2,1-2H3. The predicted molar refractivity (Wildman–Crippen MR) is 113 cm³/mol. The molecular weight excluding hydrogens is 456 g/mol. The summed E-state index contributed by atoms with van der Waals surface area (Å²) in [6.45, 7) is 0. The molecule has 138 valence electrons. The van der Waals surface area contributed by atoms with E-state index in [2.05, 4.69) is 68.3 Å². The maximum atomic E-state index is 5.74. The van der Waals surface area contributed by atoms with Crippen molar-refractivity contribution < 1.29 is 9.47 Å². The lowest BCUT2D eigenvalue weighted by molar-refractivity contribution is 0.263. The fraction of sp³-hybridized carbons (Fsp3) is 0.455. The highest BCUT2D eigenvalue weighted by Gasteiger charge is 2.60. The Morgan fingerprint density at radius 3 is 1.50 bits per heavy atom. The van der Waals surface area contributed by atoms with Gasteiger partial charge in [-0.15, -0.1) is 0 Å². The highest BCUT2D eigenvalue weighted by atomic mass is 79.9. The van der Waals surface area contributed by atoms with Crippen LogP contribution in [0.15, 0.2) is 36.4 Å². The van der Waals surface area contributed by atoms with Crippen LogP contribution in [0.1, 0.15) is 47.9 Å². The number of methoxy groups -OCH3 is 2. The third-order valence-corrected chi connectivity index (χ3v) is 9.54. The van der Waals surface area contributed by atoms with Crippen LogP contribution in [0.5, 0.6) is 11.5 Å². The molecule has 26 heavy (non-hydrogen) atoms. The molecule has 1 saturated carbocycles. The molecule has 4 bridgehead atoms. The van der Waals surface area contributed by atoms with E-state index in [0.717, 1.165) is 37.2 Å². The molecule has 0 spiro atoms. The maximum absolute atomic E-state index is 5.74. The van der Waals surface area contributed by atoms with Gasteiger partial charge in [0.2, 0.25) is 0 Å². The molecule has 4 heteroatoms. The van der Waals surface area contributed by atoms with E-state index in [0.29, 0.717) is 0 Å². The largest absolute Gasteiger partial charge is 0.496 e. The highest BCUT2D eigenvalue weighted by Crippen LogP contribution is 2.68. The quantitative estimate of drug-likeness (QED) is 0.473. The van der Waals surface area contributed by atoms with Crippen LogP contribution in [0.3, 0.4) is 0 Å². The molecule has 0 heterocycles. The number of benzene rings is 2. The van der Waals surface area contributed by atoms with Gasteiger partial charge in [0.15, 0.2) is 0 Å². The van der Waals surface area contributed by atoms with Gasteiger partial charge in [-0.1, -0.05) is 56.1 Å². The molecule has 2 aromatic rings. The van der Waals surface area contributed by atoms with Crippen molar-refractivity contribution in [1.82, 2.24) is 0 Å². The molecule has 4 rings (SSSR count).